The predicted molar refractivity (Wildman–Crippen MR) is 81.2 cm³/mol. The lowest BCUT2D eigenvalue weighted by Crippen LogP contribution is -2.15. The van der Waals surface area contributed by atoms with Crippen LogP contribution in [0.1, 0.15) is 17.2 Å². The second kappa shape index (κ2) is 6.15. The Balaban J connectivity index is 2.22. The van der Waals surface area contributed by atoms with E-state index in [1.165, 1.54) is 12.1 Å². The number of rotatable bonds is 3. The highest BCUT2D eigenvalue weighted by Gasteiger charge is 2.12. The zero-order valence-electron chi connectivity index (χ0n) is 9.84. The Morgan fingerprint density at radius 2 is 1.84 bits per heavy atom. The van der Waals surface area contributed by atoms with Crippen LogP contribution in [0.15, 0.2) is 36.4 Å². The lowest BCUT2D eigenvalue weighted by atomic mass is 9.99. The van der Waals surface area contributed by atoms with E-state index in [1.807, 2.05) is 6.07 Å². The second-order valence-corrected chi connectivity index (χ2v) is 5.82. The number of benzene rings is 2. The topological polar surface area (TPSA) is 26.0 Å². The van der Waals surface area contributed by atoms with Gasteiger partial charge in [0.1, 0.15) is 0 Å². The first kappa shape index (κ1) is 14.7. The van der Waals surface area contributed by atoms with Crippen LogP contribution in [-0.2, 0) is 6.42 Å². The molecule has 1 unspecified atom stereocenters. The number of halogens is 4. The van der Waals surface area contributed by atoms with E-state index in [0.29, 0.717) is 17.0 Å². The van der Waals surface area contributed by atoms with E-state index in [1.54, 1.807) is 12.1 Å². The number of hydrogen-bond donors (Lipinski definition) is 1. The van der Waals surface area contributed by atoms with E-state index in [2.05, 4.69) is 22.6 Å². The van der Waals surface area contributed by atoms with Gasteiger partial charge in [0.25, 0.3) is 0 Å². The van der Waals surface area contributed by atoms with Crippen molar-refractivity contribution in [1.29, 1.82) is 0 Å². The molecular weight excluding hydrogens is 383 g/mol. The normalized spacial score (nSPS) is 12.5. The molecule has 0 radical (unpaired) electrons. The quantitative estimate of drug-likeness (QED) is 0.765. The van der Waals surface area contributed by atoms with Gasteiger partial charge in [0, 0.05) is 14.6 Å². The molecule has 0 aliphatic rings. The van der Waals surface area contributed by atoms with Crippen molar-refractivity contribution in [2.24, 2.45) is 5.73 Å². The molecule has 0 fully saturated rings. The first-order valence-electron chi connectivity index (χ1n) is 5.62. The van der Waals surface area contributed by atoms with Crippen LogP contribution in [0.5, 0.6) is 0 Å². The van der Waals surface area contributed by atoms with Crippen LogP contribution >= 0.6 is 34.2 Å². The van der Waals surface area contributed by atoms with Crippen LogP contribution in [0.25, 0.3) is 0 Å². The molecule has 5 heteroatoms. The molecule has 100 valence electrons. The van der Waals surface area contributed by atoms with Gasteiger partial charge in [0.2, 0.25) is 0 Å². The van der Waals surface area contributed by atoms with Crippen molar-refractivity contribution in [3.8, 4) is 0 Å². The van der Waals surface area contributed by atoms with E-state index in [4.69, 9.17) is 17.3 Å². The summed E-state index contributed by atoms with van der Waals surface area (Å²) < 4.78 is 27.0. The van der Waals surface area contributed by atoms with Gasteiger partial charge in [-0.25, -0.2) is 8.78 Å². The zero-order chi connectivity index (χ0) is 14.0. The van der Waals surface area contributed by atoms with E-state index < -0.39 is 11.6 Å². The molecule has 0 saturated heterocycles. The second-order valence-electron chi connectivity index (χ2n) is 4.22. The van der Waals surface area contributed by atoms with E-state index in [9.17, 15) is 8.78 Å². The monoisotopic (exact) mass is 393 g/mol. The van der Waals surface area contributed by atoms with Gasteiger partial charge in [0.15, 0.2) is 11.6 Å². The highest BCUT2D eigenvalue weighted by atomic mass is 127. The lowest BCUT2D eigenvalue weighted by molar-refractivity contribution is 0.506. The maximum atomic E-state index is 13.1. The van der Waals surface area contributed by atoms with Gasteiger partial charge in [-0.05, 0) is 70.5 Å². The van der Waals surface area contributed by atoms with Gasteiger partial charge in [0.05, 0.1) is 0 Å². The number of nitrogens with two attached hydrogens (primary N) is 1. The average Bonchev–Trinajstić information content (AvgIpc) is 2.36. The fourth-order valence-electron chi connectivity index (χ4n) is 1.83. The molecule has 0 aliphatic heterocycles. The van der Waals surface area contributed by atoms with Crippen LogP contribution in [0.4, 0.5) is 8.78 Å². The minimum absolute atomic E-state index is 0.310. The molecule has 1 atom stereocenters. The maximum absolute atomic E-state index is 13.1. The van der Waals surface area contributed by atoms with Crippen LogP contribution in [0.3, 0.4) is 0 Å². The summed E-state index contributed by atoms with van der Waals surface area (Å²) in [7, 11) is 0. The summed E-state index contributed by atoms with van der Waals surface area (Å²) in [5, 5.41) is 0.608. The molecule has 0 aromatic heterocycles. The Kier molecular flexibility index (Phi) is 4.76. The summed E-state index contributed by atoms with van der Waals surface area (Å²) in [6, 6.07) is 8.98. The van der Waals surface area contributed by atoms with E-state index in [-0.39, 0.29) is 6.04 Å². The Morgan fingerprint density at radius 3 is 2.53 bits per heavy atom. The van der Waals surface area contributed by atoms with Crippen LogP contribution in [0.2, 0.25) is 5.02 Å². The first-order chi connectivity index (χ1) is 8.97. The van der Waals surface area contributed by atoms with Crippen molar-refractivity contribution in [2.75, 3.05) is 0 Å². The zero-order valence-corrected chi connectivity index (χ0v) is 12.8. The van der Waals surface area contributed by atoms with Crippen molar-refractivity contribution >= 4 is 34.2 Å². The Labute approximate surface area is 128 Å². The fourth-order valence-corrected chi connectivity index (χ4v) is 2.75. The summed E-state index contributed by atoms with van der Waals surface area (Å²) in [4.78, 5) is 0. The summed E-state index contributed by atoms with van der Waals surface area (Å²) in [5.74, 6) is -1.71. The molecule has 0 heterocycles. The van der Waals surface area contributed by atoms with Crippen molar-refractivity contribution < 1.29 is 8.78 Å². The molecule has 19 heavy (non-hydrogen) atoms. The third kappa shape index (κ3) is 3.64. The third-order valence-electron chi connectivity index (χ3n) is 2.80. The van der Waals surface area contributed by atoms with Crippen molar-refractivity contribution in [3.05, 3.63) is 67.8 Å². The average molecular weight is 394 g/mol. The minimum Gasteiger partial charge on any atom is -0.324 e. The van der Waals surface area contributed by atoms with Crippen molar-refractivity contribution in [3.63, 3.8) is 0 Å². The molecule has 1 nitrogen and oxygen atoms in total. The fraction of sp³-hybridized carbons (Fsp3) is 0.143. The predicted octanol–water partition coefficient (Wildman–Crippen LogP) is 4.47. The summed E-state index contributed by atoms with van der Waals surface area (Å²) in [6.45, 7) is 0. The van der Waals surface area contributed by atoms with Crippen LogP contribution in [0, 0.1) is 15.2 Å². The van der Waals surface area contributed by atoms with E-state index >= 15 is 0 Å². The van der Waals surface area contributed by atoms with Crippen molar-refractivity contribution in [2.45, 2.75) is 12.5 Å². The van der Waals surface area contributed by atoms with E-state index in [0.717, 1.165) is 15.2 Å². The largest absolute Gasteiger partial charge is 0.324 e. The highest BCUT2D eigenvalue weighted by Crippen LogP contribution is 2.25. The van der Waals surface area contributed by atoms with Gasteiger partial charge >= 0.3 is 0 Å². The Hall–Kier alpha value is -0.720. The van der Waals surface area contributed by atoms with Crippen molar-refractivity contribution in [1.82, 2.24) is 0 Å². The molecule has 0 spiro atoms. The Bertz CT molecular complexity index is 604. The summed E-state index contributed by atoms with van der Waals surface area (Å²) in [6.07, 6.45) is 0.424. The summed E-state index contributed by atoms with van der Waals surface area (Å²) >= 11 is 8.12. The molecule has 2 rings (SSSR count). The molecule has 0 bridgehead atoms. The van der Waals surface area contributed by atoms with Gasteiger partial charge in [-0.3, -0.25) is 0 Å². The maximum Gasteiger partial charge on any atom is 0.159 e. The molecular formula is C14H11ClF2IN. The number of hydrogen-bond acceptors (Lipinski definition) is 1. The minimum atomic E-state index is -0.856. The Morgan fingerprint density at radius 1 is 1.11 bits per heavy atom. The smallest absolute Gasteiger partial charge is 0.159 e. The highest BCUT2D eigenvalue weighted by molar-refractivity contribution is 14.1. The van der Waals surface area contributed by atoms with Crippen LogP contribution < -0.4 is 5.73 Å². The molecule has 2 N–H and O–H groups in total. The molecule has 0 aliphatic carbocycles. The third-order valence-corrected chi connectivity index (χ3v) is 4.01. The molecule has 2 aromatic carbocycles. The summed E-state index contributed by atoms with van der Waals surface area (Å²) in [5.41, 5.74) is 7.66. The molecule has 0 amide bonds. The molecule has 0 saturated carbocycles. The standard InChI is InChI=1S/C14H11ClF2IN/c15-9-2-4-13(18)10(7-9)14(19)6-8-1-3-11(16)12(17)5-8/h1-5,7,14H,6,19H2. The van der Waals surface area contributed by atoms with Gasteiger partial charge in [-0.15, -0.1) is 0 Å². The SMILES string of the molecule is NC(Cc1ccc(F)c(F)c1)c1cc(Cl)ccc1I. The van der Waals surface area contributed by atoms with Gasteiger partial charge in [-0.1, -0.05) is 17.7 Å². The molecule has 2 aromatic rings. The lowest BCUT2D eigenvalue weighted by Gasteiger charge is -2.14. The van der Waals surface area contributed by atoms with Gasteiger partial charge < -0.3 is 5.73 Å². The first-order valence-corrected chi connectivity index (χ1v) is 7.07. The van der Waals surface area contributed by atoms with Crippen LogP contribution in [-0.4, -0.2) is 0 Å². The van der Waals surface area contributed by atoms with Gasteiger partial charge in [-0.2, -0.15) is 0 Å².